The van der Waals surface area contributed by atoms with Gasteiger partial charge >= 0.3 is 0 Å². The molecule has 0 saturated carbocycles. The SMILES string of the molecule is C[C@@H]1CCCC[C@@H](C)N1. The fraction of sp³-hybridized carbons (Fsp3) is 1.00. The second kappa shape index (κ2) is 3.21. The Balaban J connectivity index is 2.29. The monoisotopic (exact) mass is 127 g/mol. The average molecular weight is 127 g/mol. The fourth-order valence-corrected chi connectivity index (χ4v) is 1.55. The van der Waals surface area contributed by atoms with Crippen LogP contribution in [0.4, 0.5) is 0 Å². The van der Waals surface area contributed by atoms with Crippen LogP contribution in [-0.4, -0.2) is 12.1 Å². The summed E-state index contributed by atoms with van der Waals surface area (Å²) in [7, 11) is 0. The van der Waals surface area contributed by atoms with Crippen molar-refractivity contribution in [3.05, 3.63) is 0 Å². The van der Waals surface area contributed by atoms with Crippen molar-refractivity contribution in [2.45, 2.75) is 51.6 Å². The summed E-state index contributed by atoms with van der Waals surface area (Å²) in [5, 5.41) is 3.54. The first kappa shape index (κ1) is 7.07. The lowest BCUT2D eigenvalue weighted by Crippen LogP contribution is -2.32. The Morgan fingerprint density at radius 1 is 1.00 bits per heavy atom. The third-order valence-electron chi connectivity index (χ3n) is 2.09. The van der Waals surface area contributed by atoms with Crippen LogP contribution >= 0.6 is 0 Å². The van der Waals surface area contributed by atoms with Crippen molar-refractivity contribution in [2.75, 3.05) is 0 Å². The van der Waals surface area contributed by atoms with Gasteiger partial charge in [0.25, 0.3) is 0 Å². The van der Waals surface area contributed by atoms with Crippen LogP contribution in [-0.2, 0) is 0 Å². The van der Waals surface area contributed by atoms with Gasteiger partial charge in [0, 0.05) is 12.1 Å². The van der Waals surface area contributed by atoms with Crippen LogP contribution < -0.4 is 5.32 Å². The fourth-order valence-electron chi connectivity index (χ4n) is 1.55. The molecule has 1 nitrogen and oxygen atoms in total. The zero-order chi connectivity index (χ0) is 6.69. The Hall–Kier alpha value is -0.0400. The molecule has 1 aliphatic heterocycles. The average Bonchev–Trinajstić information content (AvgIpc) is 1.93. The Kier molecular flexibility index (Phi) is 2.52. The third-order valence-corrected chi connectivity index (χ3v) is 2.09. The largest absolute Gasteiger partial charge is 0.312 e. The van der Waals surface area contributed by atoms with Gasteiger partial charge in [-0.25, -0.2) is 0 Å². The summed E-state index contributed by atoms with van der Waals surface area (Å²) in [5.41, 5.74) is 0. The molecule has 1 heteroatoms. The molecule has 2 atom stereocenters. The molecule has 1 N–H and O–H groups in total. The van der Waals surface area contributed by atoms with Gasteiger partial charge in [0.15, 0.2) is 0 Å². The van der Waals surface area contributed by atoms with Crippen molar-refractivity contribution in [1.82, 2.24) is 5.32 Å². The van der Waals surface area contributed by atoms with Crippen LogP contribution in [0.5, 0.6) is 0 Å². The molecule has 1 aliphatic rings. The molecule has 0 amide bonds. The van der Waals surface area contributed by atoms with Gasteiger partial charge in [-0.3, -0.25) is 0 Å². The zero-order valence-corrected chi connectivity index (χ0v) is 6.48. The van der Waals surface area contributed by atoms with Crippen LogP contribution in [0.25, 0.3) is 0 Å². The normalized spacial score (nSPS) is 38.0. The summed E-state index contributed by atoms with van der Waals surface area (Å²) in [6.07, 6.45) is 5.56. The Bertz CT molecular complexity index is 70.6. The van der Waals surface area contributed by atoms with E-state index in [-0.39, 0.29) is 0 Å². The van der Waals surface area contributed by atoms with Crippen molar-refractivity contribution in [3.63, 3.8) is 0 Å². The van der Waals surface area contributed by atoms with E-state index in [1.807, 2.05) is 0 Å². The molecule has 1 fully saturated rings. The predicted molar refractivity (Wildman–Crippen MR) is 40.5 cm³/mol. The summed E-state index contributed by atoms with van der Waals surface area (Å²) in [6, 6.07) is 1.50. The maximum absolute atomic E-state index is 3.54. The molecule has 54 valence electrons. The van der Waals surface area contributed by atoms with Crippen LogP contribution in [0.1, 0.15) is 39.5 Å². The Morgan fingerprint density at radius 2 is 1.44 bits per heavy atom. The molecule has 1 rings (SSSR count). The highest BCUT2D eigenvalue weighted by molar-refractivity contribution is 4.71. The minimum Gasteiger partial charge on any atom is -0.312 e. The van der Waals surface area contributed by atoms with Gasteiger partial charge in [-0.05, 0) is 26.7 Å². The van der Waals surface area contributed by atoms with E-state index in [1.54, 1.807) is 0 Å². The van der Waals surface area contributed by atoms with Crippen molar-refractivity contribution >= 4 is 0 Å². The quantitative estimate of drug-likeness (QED) is 0.524. The van der Waals surface area contributed by atoms with Crippen LogP contribution in [0.2, 0.25) is 0 Å². The maximum Gasteiger partial charge on any atom is 0.00412 e. The van der Waals surface area contributed by atoms with Crippen LogP contribution in [0.3, 0.4) is 0 Å². The number of nitrogens with one attached hydrogen (secondary N) is 1. The van der Waals surface area contributed by atoms with Crippen LogP contribution in [0, 0.1) is 0 Å². The summed E-state index contributed by atoms with van der Waals surface area (Å²) in [6.45, 7) is 4.56. The van der Waals surface area contributed by atoms with E-state index in [4.69, 9.17) is 0 Å². The van der Waals surface area contributed by atoms with Crippen molar-refractivity contribution in [3.8, 4) is 0 Å². The molecular weight excluding hydrogens is 110 g/mol. The maximum atomic E-state index is 3.54. The molecule has 1 heterocycles. The second-order valence-corrected chi connectivity index (χ2v) is 3.25. The zero-order valence-electron chi connectivity index (χ0n) is 6.48. The van der Waals surface area contributed by atoms with E-state index in [2.05, 4.69) is 19.2 Å². The van der Waals surface area contributed by atoms with E-state index >= 15 is 0 Å². The second-order valence-electron chi connectivity index (χ2n) is 3.25. The van der Waals surface area contributed by atoms with Gasteiger partial charge in [-0.2, -0.15) is 0 Å². The van der Waals surface area contributed by atoms with E-state index in [1.165, 1.54) is 25.7 Å². The molecule has 0 unspecified atom stereocenters. The number of hydrogen-bond acceptors (Lipinski definition) is 1. The third kappa shape index (κ3) is 2.35. The van der Waals surface area contributed by atoms with E-state index in [0.29, 0.717) is 0 Å². The Morgan fingerprint density at radius 3 is 1.89 bits per heavy atom. The van der Waals surface area contributed by atoms with E-state index in [9.17, 15) is 0 Å². The molecule has 0 spiro atoms. The summed E-state index contributed by atoms with van der Waals surface area (Å²) >= 11 is 0. The first-order valence-corrected chi connectivity index (χ1v) is 4.05. The van der Waals surface area contributed by atoms with Crippen molar-refractivity contribution < 1.29 is 0 Å². The molecule has 1 saturated heterocycles. The molecule has 9 heavy (non-hydrogen) atoms. The predicted octanol–water partition coefficient (Wildman–Crippen LogP) is 1.93. The topological polar surface area (TPSA) is 12.0 Å². The van der Waals surface area contributed by atoms with Gasteiger partial charge in [0.1, 0.15) is 0 Å². The molecule has 0 aromatic heterocycles. The molecule has 0 radical (unpaired) electrons. The Labute approximate surface area is 57.8 Å². The lowest BCUT2D eigenvalue weighted by molar-refractivity contribution is 0.475. The summed E-state index contributed by atoms with van der Waals surface area (Å²) in [4.78, 5) is 0. The molecular formula is C8H17N. The minimum absolute atomic E-state index is 0.752. The number of hydrogen-bond donors (Lipinski definition) is 1. The minimum atomic E-state index is 0.752. The molecule has 0 aromatic rings. The summed E-state index contributed by atoms with van der Waals surface area (Å²) in [5.74, 6) is 0. The number of rotatable bonds is 0. The van der Waals surface area contributed by atoms with Gasteiger partial charge < -0.3 is 5.32 Å². The summed E-state index contributed by atoms with van der Waals surface area (Å²) < 4.78 is 0. The van der Waals surface area contributed by atoms with Crippen LogP contribution in [0.15, 0.2) is 0 Å². The van der Waals surface area contributed by atoms with Crippen molar-refractivity contribution in [1.29, 1.82) is 0 Å². The molecule has 0 aliphatic carbocycles. The van der Waals surface area contributed by atoms with Gasteiger partial charge in [-0.1, -0.05) is 12.8 Å². The van der Waals surface area contributed by atoms with E-state index < -0.39 is 0 Å². The van der Waals surface area contributed by atoms with Gasteiger partial charge in [0.05, 0.1) is 0 Å². The van der Waals surface area contributed by atoms with Gasteiger partial charge in [-0.15, -0.1) is 0 Å². The lowest BCUT2D eigenvalue weighted by Gasteiger charge is -2.13. The van der Waals surface area contributed by atoms with E-state index in [0.717, 1.165) is 12.1 Å². The molecule has 0 bridgehead atoms. The highest BCUT2D eigenvalue weighted by Crippen LogP contribution is 2.11. The smallest absolute Gasteiger partial charge is 0.00412 e. The van der Waals surface area contributed by atoms with Crippen molar-refractivity contribution in [2.24, 2.45) is 0 Å². The first-order valence-electron chi connectivity index (χ1n) is 4.05. The lowest BCUT2D eigenvalue weighted by atomic mass is 10.1. The standard InChI is InChI=1S/C8H17N/c1-7-5-3-4-6-8(2)9-7/h7-9H,3-6H2,1-2H3/t7-,8-/m1/s1. The highest BCUT2D eigenvalue weighted by Gasteiger charge is 2.10. The first-order chi connectivity index (χ1) is 4.29. The highest BCUT2D eigenvalue weighted by atomic mass is 14.9. The van der Waals surface area contributed by atoms with Gasteiger partial charge in [0.2, 0.25) is 0 Å². The molecule has 0 aromatic carbocycles.